The van der Waals surface area contributed by atoms with Crippen molar-refractivity contribution in [1.82, 2.24) is 15.6 Å². The van der Waals surface area contributed by atoms with Gasteiger partial charge < -0.3 is 10.6 Å². The lowest BCUT2D eigenvalue weighted by molar-refractivity contribution is 0.0955. The van der Waals surface area contributed by atoms with Gasteiger partial charge in [-0.2, -0.15) is 0 Å². The Balaban J connectivity index is 2.08. The second-order valence-electron chi connectivity index (χ2n) is 4.84. The predicted molar refractivity (Wildman–Crippen MR) is 82.0 cm³/mol. The molecule has 0 spiro atoms. The molecule has 4 nitrogen and oxygen atoms in total. The molecule has 4 heteroatoms. The largest absolute Gasteiger partial charge is 0.351 e. The van der Waals surface area contributed by atoms with E-state index in [0.29, 0.717) is 12.1 Å². The van der Waals surface area contributed by atoms with Crippen LogP contribution in [0.4, 0.5) is 0 Å². The van der Waals surface area contributed by atoms with E-state index in [1.165, 1.54) is 0 Å². The fourth-order valence-corrected chi connectivity index (χ4v) is 2.09. The Labute approximate surface area is 119 Å². The van der Waals surface area contributed by atoms with Crippen molar-refractivity contribution in [2.75, 3.05) is 19.6 Å². The van der Waals surface area contributed by atoms with Crippen LogP contribution >= 0.6 is 0 Å². The van der Waals surface area contributed by atoms with Gasteiger partial charge in [-0.05, 0) is 32.0 Å². The monoisotopic (exact) mass is 271 g/mol. The Hall–Kier alpha value is -1.94. The van der Waals surface area contributed by atoms with E-state index < -0.39 is 0 Å². The van der Waals surface area contributed by atoms with Crippen molar-refractivity contribution in [3.8, 4) is 0 Å². The van der Waals surface area contributed by atoms with Gasteiger partial charge in [0.2, 0.25) is 0 Å². The highest BCUT2D eigenvalue weighted by Crippen LogP contribution is 2.17. The summed E-state index contributed by atoms with van der Waals surface area (Å²) in [5.41, 5.74) is 2.33. The molecular weight excluding hydrogens is 250 g/mol. The number of carbonyl (C=O) groups is 1. The van der Waals surface area contributed by atoms with Gasteiger partial charge in [-0.1, -0.05) is 25.1 Å². The average Bonchev–Trinajstić information content (AvgIpc) is 2.46. The highest BCUT2D eigenvalue weighted by atomic mass is 16.1. The van der Waals surface area contributed by atoms with Crippen molar-refractivity contribution in [2.24, 2.45) is 0 Å². The lowest BCUT2D eigenvalue weighted by Crippen LogP contribution is -2.32. The van der Waals surface area contributed by atoms with Gasteiger partial charge in [-0.3, -0.25) is 9.78 Å². The van der Waals surface area contributed by atoms with Crippen molar-refractivity contribution in [3.05, 3.63) is 41.6 Å². The van der Waals surface area contributed by atoms with Gasteiger partial charge in [-0.15, -0.1) is 0 Å². The summed E-state index contributed by atoms with van der Waals surface area (Å²) in [5.74, 6) is -0.0630. The van der Waals surface area contributed by atoms with Gasteiger partial charge in [-0.25, -0.2) is 0 Å². The second-order valence-corrected chi connectivity index (χ2v) is 4.84. The van der Waals surface area contributed by atoms with Crippen LogP contribution in [0.15, 0.2) is 30.3 Å². The second kappa shape index (κ2) is 7.01. The van der Waals surface area contributed by atoms with Gasteiger partial charge in [0.15, 0.2) is 0 Å². The minimum absolute atomic E-state index is 0.0630. The van der Waals surface area contributed by atoms with E-state index >= 15 is 0 Å². The first-order valence-electron chi connectivity index (χ1n) is 7.07. The fraction of sp³-hybridized carbons (Fsp3) is 0.375. The first kappa shape index (κ1) is 14.5. The third-order valence-electron chi connectivity index (χ3n) is 3.12. The Bertz CT molecular complexity index is 595. The number of aromatic nitrogens is 1. The summed E-state index contributed by atoms with van der Waals surface area (Å²) in [6.45, 7) is 6.45. The number of nitrogens with zero attached hydrogens (tertiary/aromatic N) is 1. The number of fused-ring (bicyclic) bond motifs is 1. The molecule has 1 amide bonds. The molecule has 0 aliphatic carbocycles. The molecule has 0 atom stereocenters. The van der Waals surface area contributed by atoms with E-state index in [2.05, 4.69) is 22.5 Å². The van der Waals surface area contributed by atoms with Gasteiger partial charge >= 0.3 is 0 Å². The van der Waals surface area contributed by atoms with Crippen molar-refractivity contribution in [2.45, 2.75) is 20.3 Å². The molecule has 0 saturated carbocycles. The maximum atomic E-state index is 12.2. The molecule has 0 fully saturated rings. The van der Waals surface area contributed by atoms with Crippen molar-refractivity contribution < 1.29 is 4.79 Å². The normalized spacial score (nSPS) is 10.7. The molecule has 20 heavy (non-hydrogen) atoms. The Morgan fingerprint density at radius 1 is 1.15 bits per heavy atom. The molecule has 2 N–H and O–H groups in total. The molecule has 2 rings (SSSR count). The van der Waals surface area contributed by atoms with Gasteiger partial charge in [0.25, 0.3) is 5.91 Å². The molecule has 0 unspecified atom stereocenters. The molecule has 1 heterocycles. The highest BCUT2D eigenvalue weighted by Gasteiger charge is 2.10. The summed E-state index contributed by atoms with van der Waals surface area (Å²) in [6.07, 6.45) is 1.10. The highest BCUT2D eigenvalue weighted by molar-refractivity contribution is 6.05. The zero-order valence-corrected chi connectivity index (χ0v) is 12.1. The van der Waals surface area contributed by atoms with Crippen molar-refractivity contribution in [1.29, 1.82) is 0 Å². The van der Waals surface area contributed by atoms with Crippen LogP contribution in [0, 0.1) is 6.92 Å². The number of rotatable bonds is 6. The van der Waals surface area contributed by atoms with Crippen LogP contribution in [-0.4, -0.2) is 30.5 Å². The van der Waals surface area contributed by atoms with Gasteiger partial charge in [0, 0.05) is 24.2 Å². The minimum atomic E-state index is -0.0630. The van der Waals surface area contributed by atoms with E-state index in [1.807, 2.05) is 37.3 Å². The molecule has 1 aromatic carbocycles. The number of aryl methyl sites for hydroxylation is 1. The van der Waals surface area contributed by atoms with Crippen molar-refractivity contribution >= 4 is 16.8 Å². The van der Waals surface area contributed by atoms with E-state index in [0.717, 1.165) is 36.1 Å². The first-order chi connectivity index (χ1) is 9.72. The Kier molecular flexibility index (Phi) is 5.07. The molecule has 2 aromatic rings. The summed E-state index contributed by atoms with van der Waals surface area (Å²) < 4.78 is 0. The number of para-hydroxylation sites is 1. The van der Waals surface area contributed by atoms with E-state index in [4.69, 9.17) is 0 Å². The molecule has 0 aliphatic rings. The number of hydrogen-bond acceptors (Lipinski definition) is 3. The predicted octanol–water partition coefficient (Wildman–Crippen LogP) is 2.27. The molecule has 0 radical (unpaired) electrons. The van der Waals surface area contributed by atoms with Crippen LogP contribution in [0.1, 0.15) is 29.4 Å². The number of carbonyl (C=O) groups excluding carboxylic acids is 1. The van der Waals surface area contributed by atoms with E-state index in [1.54, 1.807) is 0 Å². The SMILES string of the molecule is CCCNCCNC(=O)c1cccc2ccc(C)nc12. The average molecular weight is 271 g/mol. The summed E-state index contributed by atoms with van der Waals surface area (Å²) in [6, 6.07) is 9.64. The zero-order chi connectivity index (χ0) is 14.4. The van der Waals surface area contributed by atoms with Crippen LogP contribution in [0.25, 0.3) is 10.9 Å². The zero-order valence-electron chi connectivity index (χ0n) is 12.1. The summed E-state index contributed by atoms with van der Waals surface area (Å²) >= 11 is 0. The number of amides is 1. The van der Waals surface area contributed by atoms with Gasteiger partial charge in [0.05, 0.1) is 11.1 Å². The third-order valence-corrected chi connectivity index (χ3v) is 3.12. The number of hydrogen-bond donors (Lipinski definition) is 2. The number of nitrogens with one attached hydrogen (secondary N) is 2. The van der Waals surface area contributed by atoms with E-state index in [-0.39, 0.29) is 5.91 Å². The van der Waals surface area contributed by atoms with Crippen LogP contribution in [0.2, 0.25) is 0 Å². The molecule has 0 aliphatic heterocycles. The summed E-state index contributed by atoms with van der Waals surface area (Å²) in [7, 11) is 0. The number of pyridine rings is 1. The topological polar surface area (TPSA) is 54.0 Å². The molecule has 106 valence electrons. The maximum Gasteiger partial charge on any atom is 0.253 e. The van der Waals surface area contributed by atoms with Crippen LogP contribution < -0.4 is 10.6 Å². The minimum Gasteiger partial charge on any atom is -0.351 e. The van der Waals surface area contributed by atoms with Crippen LogP contribution in [-0.2, 0) is 0 Å². The molecule has 1 aromatic heterocycles. The molecule has 0 saturated heterocycles. The summed E-state index contributed by atoms with van der Waals surface area (Å²) in [5, 5.41) is 7.18. The van der Waals surface area contributed by atoms with Gasteiger partial charge in [0.1, 0.15) is 0 Å². The third kappa shape index (κ3) is 3.54. The maximum absolute atomic E-state index is 12.2. The van der Waals surface area contributed by atoms with Crippen LogP contribution in [0.5, 0.6) is 0 Å². The molecule has 0 bridgehead atoms. The molecular formula is C16H21N3O. The lowest BCUT2D eigenvalue weighted by atomic mass is 10.1. The first-order valence-corrected chi connectivity index (χ1v) is 7.07. The van der Waals surface area contributed by atoms with Crippen molar-refractivity contribution in [3.63, 3.8) is 0 Å². The van der Waals surface area contributed by atoms with E-state index in [9.17, 15) is 4.79 Å². The van der Waals surface area contributed by atoms with Crippen LogP contribution in [0.3, 0.4) is 0 Å². The Morgan fingerprint density at radius 3 is 2.80 bits per heavy atom. The smallest absolute Gasteiger partial charge is 0.253 e. The fourth-order valence-electron chi connectivity index (χ4n) is 2.09. The summed E-state index contributed by atoms with van der Waals surface area (Å²) in [4.78, 5) is 16.7. The standard InChI is InChI=1S/C16H21N3O/c1-3-9-17-10-11-18-16(20)14-6-4-5-13-8-7-12(2)19-15(13)14/h4-8,17H,3,9-11H2,1-2H3,(H,18,20). The lowest BCUT2D eigenvalue weighted by Gasteiger charge is -2.08. The number of benzene rings is 1. The Morgan fingerprint density at radius 2 is 2.00 bits per heavy atom. The quantitative estimate of drug-likeness (QED) is 0.792.